The first-order chi connectivity index (χ1) is 16.5. The fourth-order valence-corrected chi connectivity index (χ4v) is 7.32. The van der Waals surface area contributed by atoms with Crippen LogP contribution in [-0.4, -0.2) is 66.3 Å². The van der Waals surface area contributed by atoms with Crippen LogP contribution in [0.4, 0.5) is 5.69 Å². The Kier molecular flexibility index (Phi) is 5.63. The van der Waals surface area contributed by atoms with Crippen LogP contribution in [0.1, 0.15) is 73.7 Å². The van der Waals surface area contributed by atoms with E-state index in [1.54, 1.807) is 4.90 Å². The lowest BCUT2D eigenvalue weighted by atomic mass is 9.56. The van der Waals surface area contributed by atoms with Gasteiger partial charge in [-0.25, -0.2) is 0 Å². The highest BCUT2D eigenvalue weighted by Crippen LogP contribution is 2.54. The van der Waals surface area contributed by atoms with E-state index in [0.717, 1.165) is 37.7 Å². The van der Waals surface area contributed by atoms with Crippen LogP contribution in [0.2, 0.25) is 0 Å². The van der Waals surface area contributed by atoms with Crippen LogP contribution in [0.3, 0.4) is 0 Å². The molecule has 6 rings (SSSR count). The summed E-state index contributed by atoms with van der Waals surface area (Å²) in [5.41, 5.74) is 3.56. The zero-order valence-electron chi connectivity index (χ0n) is 20.1. The third-order valence-corrected chi connectivity index (χ3v) is 9.12. The Labute approximate surface area is 201 Å². The van der Waals surface area contributed by atoms with Gasteiger partial charge in [-0.05, 0) is 67.2 Å². The standard InChI is InChI=1S/C27H36N4O3/c32-24-7-6-23(25(33)28-24)31-18-20-14-21(4-5-22(20)26(31)34)30-12-10-29(11-13-30)17-19-15-27(16-19)8-2-1-3-9-27/h4-5,14,19,23H,1-3,6-13,15-18H2,(H,28,32,33)/t23-/m0/s1. The third-order valence-electron chi connectivity index (χ3n) is 9.12. The summed E-state index contributed by atoms with van der Waals surface area (Å²) in [6, 6.07) is 5.56. The van der Waals surface area contributed by atoms with Crippen molar-refractivity contribution in [2.75, 3.05) is 37.6 Å². The maximum Gasteiger partial charge on any atom is 0.255 e. The van der Waals surface area contributed by atoms with E-state index in [-0.39, 0.29) is 24.1 Å². The second kappa shape index (κ2) is 8.67. The van der Waals surface area contributed by atoms with E-state index in [4.69, 9.17) is 0 Å². The number of piperazine rings is 1. The van der Waals surface area contributed by atoms with E-state index in [1.165, 1.54) is 57.2 Å². The van der Waals surface area contributed by atoms with Crippen molar-refractivity contribution < 1.29 is 14.4 Å². The van der Waals surface area contributed by atoms with Gasteiger partial charge in [0.2, 0.25) is 11.8 Å². The van der Waals surface area contributed by atoms with Gasteiger partial charge in [-0.3, -0.25) is 24.6 Å². The van der Waals surface area contributed by atoms with Crippen LogP contribution >= 0.6 is 0 Å². The molecule has 0 bridgehead atoms. The monoisotopic (exact) mass is 464 g/mol. The van der Waals surface area contributed by atoms with E-state index in [2.05, 4.69) is 27.2 Å². The van der Waals surface area contributed by atoms with Gasteiger partial charge in [0.25, 0.3) is 5.91 Å². The summed E-state index contributed by atoms with van der Waals surface area (Å²) in [5, 5.41) is 2.37. The van der Waals surface area contributed by atoms with Crippen molar-refractivity contribution in [2.45, 2.75) is 70.4 Å². The van der Waals surface area contributed by atoms with E-state index >= 15 is 0 Å². The highest BCUT2D eigenvalue weighted by molar-refractivity contribution is 6.05. The van der Waals surface area contributed by atoms with Gasteiger partial charge < -0.3 is 9.80 Å². The van der Waals surface area contributed by atoms with Crippen LogP contribution in [0.15, 0.2) is 18.2 Å². The molecule has 3 heterocycles. The molecule has 4 fully saturated rings. The predicted octanol–water partition coefficient (Wildman–Crippen LogP) is 2.93. The van der Waals surface area contributed by atoms with Crippen molar-refractivity contribution in [1.29, 1.82) is 0 Å². The maximum absolute atomic E-state index is 12.9. The Morgan fingerprint density at radius 2 is 1.74 bits per heavy atom. The van der Waals surface area contributed by atoms with Gasteiger partial charge in [-0.1, -0.05) is 19.3 Å². The second-order valence-corrected chi connectivity index (χ2v) is 11.4. The van der Waals surface area contributed by atoms with Crippen LogP contribution in [0.25, 0.3) is 0 Å². The molecule has 7 nitrogen and oxygen atoms in total. The van der Waals surface area contributed by atoms with Gasteiger partial charge in [-0.2, -0.15) is 0 Å². The van der Waals surface area contributed by atoms with Crippen molar-refractivity contribution in [3.63, 3.8) is 0 Å². The minimum Gasteiger partial charge on any atom is -0.369 e. The molecule has 1 N–H and O–H groups in total. The van der Waals surface area contributed by atoms with Crippen molar-refractivity contribution in [3.05, 3.63) is 29.3 Å². The molecule has 0 aromatic heterocycles. The minimum absolute atomic E-state index is 0.0999. The van der Waals surface area contributed by atoms with Crippen molar-refractivity contribution in [2.24, 2.45) is 11.3 Å². The highest BCUT2D eigenvalue weighted by Gasteiger charge is 2.44. The molecule has 2 aliphatic carbocycles. The topological polar surface area (TPSA) is 73.0 Å². The molecule has 5 aliphatic rings. The summed E-state index contributed by atoms with van der Waals surface area (Å²) in [7, 11) is 0. The molecular weight excluding hydrogens is 428 g/mol. The summed E-state index contributed by atoms with van der Waals surface area (Å²) in [6.45, 7) is 5.93. The first kappa shape index (κ1) is 22.1. The normalized spacial score (nSPS) is 27.6. The summed E-state index contributed by atoms with van der Waals surface area (Å²) >= 11 is 0. The molecule has 3 amide bonds. The Morgan fingerprint density at radius 1 is 0.971 bits per heavy atom. The van der Waals surface area contributed by atoms with Gasteiger partial charge in [0.1, 0.15) is 6.04 Å². The smallest absolute Gasteiger partial charge is 0.255 e. The number of fused-ring (bicyclic) bond motifs is 1. The van der Waals surface area contributed by atoms with E-state index in [9.17, 15) is 14.4 Å². The molecular formula is C27H36N4O3. The SMILES string of the molecule is O=C1CC[C@H](N2Cc3cc(N4CCN(CC5CC6(CCCCC6)C5)CC4)ccc3C2=O)C(=O)N1. The Balaban J connectivity index is 1.03. The number of rotatable bonds is 4. The van der Waals surface area contributed by atoms with E-state index in [1.807, 2.05) is 6.07 Å². The molecule has 3 aliphatic heterocycles. The summed E-state index contributed by atoms with van der Waals surface area (Å²) in [5.74, 6) is 0.193. The van der Waals surface area contributed by atoms with Crippen molar-refractivity contribution in [1.82, 2.24) is 15.1 Å². The molecule has 34 heavy (non-hydrogen) atoms. The molecule has 1 spiro atoms. The molecule has 2 saturated heterocycles. The number of hydrogen-bond donors (Lipinski definition) is 1. The average molecular weight is 465 g/mol. The Morgan fingerprint density at radius 3 is 2.47 bits per heavy atom. The fourth-order valence-electron chi connectivity index (χ4n) is 7.32. The van der Waals surface area contributed by atoms with E-state index < -0.39 is 6.04 Å². The van der Waals surface area contributed by atoms with E-state index in [0.29, 0.717) is 23.9 Å². The zero-order chi connectivity index (χ0) is 23.3. The van der Waals surface area contributed by atoms with Crippen LogP contribution < -0.4 is 10.2 Å². The van der Waals surface area contributed by atoms with Gasteiger partial charge in [0, 0.05) is 56.9 Å². The third kappa shape index (κ3) is 4.02. The zero-order valence-corrected chi connectivity index (χ0v) is 20.1. The molecule has 1 atom stereocenters. The molecule has 0 radical (unpaired) electrons. The number of carbonyl (C=O) groups is 3. The maximum atomic E-state index is 12.9. The number of nitrogens with one attached hydrogen (secondary N) is 1. The van der Waals surface area contributed by atoms with Crippen molar-refractivity contribution in [3.8, 4) is 0 Å². The first-order valence-corrected chi connectivity index (χ1v) is 13.2. The quantitative estimate of drug-likeness (QED) is 0.694. The van der Waals surface area contributed by atoms with Gasteiger partial charge in [0.15, 0.2) is 0 Å². The summed E-state index contributed by atoms with van der Waals surface area (Å²) in [6.07, 6.45) is 10.9. The lowest BCUT2D eigenvalue weighted by molar-refractivity contribution is -0.136. The largest absolute Gasteiger partial charge is 0.369 e. The molecule has 182 valence electrons. The number of imide groups is 1. The minimum atomic E-state index is -0.552. The van der Waals surface area contributed by atoms with Gasteiger partial charge in [0.05, 0.1) is 0 Å². The molecule has 1 aromatic carbocycles. The number of benzene rings is 1. The number of carbonyl (C=O) groups excluding carboxylic acids is 3. The van der Waals surface area contributed by atoms with Crippen LogP contribution in [-0.2, 0) is 16.1 Å². The summed E-state index contributed by atoms with van der Waals surface area (Å²) in [4.78, 5) is 43.4. The number of anilines is 1. The number of hydrogen-bond acceptors (Lipinski definition) is 5. The van der Waals surface area contributed by atoms with Crippen LogP contribution in [0, 0.1) is 11.3 Å². The lowest BCUT2D eigenvalue weighted by Gasteiger charge is -2.52. The molecule has 7 heteroatoms. The molecule has 2 saturated carbocycles. The number of amides is 3. The fraction of sp³-hybridized carbons (Fsp3) is 0.667. The van der Waals surface area contributed by atoms with Crippen molar-refractivity contribution >= 4 is 23.4 Å². The second-order valence-electron chi connectivity index (χ2n) is 11.4. The average Bonchev–Trinajstić information content (AvgIpc) is 3.15. The predicted molar refractivity (Wildman–Crippen MR) is 129 cm³/mol. The molecule has 0 unspecified atom stereocenters. The number of nitrogens with zero attached hydrogens (tertiary/aromatic N) is 3. The summed E-state index contributed by atoms with van der Waals surface area (Å²) < 4.78 is 0. The highest BCUT2D eigenvalue weighted by atomic mass is 16.2. The van der Waals surface area contributed by atoms with Crippen LogP contribution in [0.5, 0.6) is 0 Å². The number of piperidine rings is 1. The first-order valence-electron chi connectivity index (χ1n) is 13.2. The Bertz CT molecular complexity index is 986. The van der Waals surface area contributed by atoms with Gasteiger partial charge in [-0.15, -0.1) is 0 Å². The Hall–Kier alpha value is -2.41. The molecule has 1 aromatic rings. The van der Waals surface area contributed by atoms with Gasteiger partial charge >= 0.3 is 0 Å². The lowest BCUT2D eigenvalue weighted by Crippen LogP contribution is -2.52.